The van der Waals surface area contributed by atoms with Gasteiger partial charge in [-0.05, 0) is 109 Å². The second-order valence-electron chi connectivity index (χ2n) is 13.4. The molecule has 0 saturated carbocycles. The molecule has 2 aromatic rings. The molecule has 0 aromatic carbocycles. The zero-order valence-corrected chi connectivity index (χ0v) is 28.2. The van der Waals surface area contributed by atoms with Crippen molar-refractivity contribution >= 4 is 47.7 Å². The molecule has 0 unspecified atom stereocenters. The highest BCUT2D eigenvalue weighted by molar-refractivity contribution is 6.32. The summed E-state index contributed by atoms with van der Waals surface area (Å²) in [6, 6.07) is 0. The van der Waals surface area contributed by atoms with Crippen molar-refractivity contribution in [2.45, 2.75) is 68.2 Å². The first-order valence-electron chi connectivity index (χ1n) is 15.3. The lowest BCUT2D eigenvalue weighted by Crippen LogP contribution is -2.29. The maximum absolute atomic E-state index is 12.4. The summed E-state index contributed by atoms with van der Waals surface area (Å²) in [7, 11) is 0. The van der Waals surface area contributed by atoms with E-state index in [1.54, 1.807) is 59.8 Å². The van der Waals surface area contributed by atoms with Gasteiger partial charge in [0.1, 0.15) is 0 Å². The number of aliphatic imine (C=N–C) groups is 1. The van der Waals surface area contributed by atoms with E-state index in [1.165, 1.54) is 0 Å². The van der Waals surface area contributed by atoms with Crippen LogP contribution in [0.5, 0.6) is 0 Å². The summed E-state index contributed by atoms with van der Waals surface area (Å²) in [5.74, 6) is -2.47. The van der Waals surface area contributed by atoms with E-state index in [0.717, 1.165) is 22.3 Å². The Morgan fingerprint density at radius 3 is 1.87 bits per heavy atom. The number of amides is 2. The standard InChI is InChI=1S/C37H42N4O6/c1-11-22-20(5)32(42)40-28(22)13-26-18(3)24(16-36(7,8)34(44)45)30(38-26)15-31-25(17-37(9,10)35(46)47)19(4)27(39-31)14-29-23(12-2)21(6)33(43)41-29/h11-15,38-39H,1-2,16-17H2,3-10H3,(H,40,42)(H,44,45)(H,46,47)/b27-14?,28-13-,31-15+. The van der Waals surface area contributed by atoms with Crippen molar-refractivity contribution in [3.8, 4) is 0 Å². The van der Waals surface area contributed by atoms with E-state index >= 15 is 0 Å². The van der Waals surface area contributed by atoms with Gasteiger partial charge in [-0.2, -0.15) is 0 Å². The monoisotopic (exact) mass is 638 g/mol. The Kier molecular flexibility index (Phi) is 9.21. The third-order valence-electron chi connectivity index (χ3n) is 9.07. The van der Waals surface area contributed by atoms with E-state index in [-0.39, 0.29) is 24.7 Å². The number of carbonyl (C=O) groups is 4. The Balaban J connectivity index is 2.03. The van der Waals surface area contributed by atoms with Gasteiger partial charge in [-0.25, -0.2) is 4.99 Å². The van der Waals surface area contributed by atoms with Gasteiger partial charge in [-0.1, -0.05) is 25.3 Å². The fraction of sp³-hybridized carbons (Fsp3) is 0.324. The molecule has 5 N–H and O–H groups in total. The number of rotatable bonds is 11. The van der Waals surface area contributed by atoms with Crippen LogP contribution in [-0.2, 0) is 32.0 Å². The Bertz CT molecular complexity index is 2020. The molecule has 47 heavy (non-hydrogen) atoms. The summed E-state index contributed by atoms with van der Waals surface area (Å²) in [6.45, 7) is 21.5. The predicted molar refractivity (Wildman–Crippen MR) is 183 cm³/mol. The highest BCUT2D eigenvalue weighted by Crippen LogP contribution is 2.32. The van der Waals surface area contributed by atoms with Crippen LogP contribution in [0.25, 0.3) is 18.2 Å². The minimum Gasteiger partial charge on any atom is -0.481 e. The van der Waals surface area contributed by atoms with Crippen LogP contribution in [-0.4, -0.2) is 49.6 Å². The van der Waals surface area contributed by atoms with E-state index in [9.17, 15) is 29.4 Å². The molecule has 10 heteroatoms. The van der Waals surface area contributed by atoms with Crippen LogP contribution in [0.1, 0.15) is 75.2 Å². The van der Waals surface area contributed by atoms with Crippen LogP contribution >= 0.6 is 0 Å². The molecule has 0 aliphatic carbocycles. The summed E-state index contributed by atoms with van der Waals surface area (Å²) >= 11 is 0. The van der Waals surface area contributed by atoms with Gasteiger partial charge in [0.05, 0.1) is 22.2 Å². The smallest absolute Gasteiger partial charge is 0.309 e. The minimum absolute atomic E-state index is 0.185. The lowest BCUT2D eigenvalue weighted by atomic mass is 9.84. The van der Waals surface area contributed by atoms with Gasteiger partial charge in [-0.15, -0.1) is 0 Å². The quantitative estimate of drug-likeness (QED) is 0.246. The largest absolute Gasteiger partial charge is 0.481 e. The normalized spacial score (nSPS) is 17.3. The summed E-state index contributed by atoms with van der Waals surface area (Å²) < 4.78 is 0. The molecule has 0 radical (unpaired) electrons. The number of aliphatic carboxylic acids is 2. The summed E-state index contributed by atoms with van der Waals surface area (Å²) in [5.41, 5.74) is 5.56. The van der Waals surface area contributed by atoms with E-state index in [0.29, 0.717) is 55.8 Å². The first kappa shape index (κ1) is 34.6. The SMILES string of the molecule is C=CC1=C(C)C(=O)N=C1C=c1[nH]/c(=C/c2[nH]c(/C=C3\NC(=O)C(C)=C3C=C)c(C)c2CC(C)(C)C(=O)O)c(CC(C)(C)C(=O)O)c1C. The maximum Gasteiger partial charge on any atom is 0.309 e. The molecule has 2 amide bonds. The molecule has 0 saturated heterocycles. The highest BCUT2D eigenvalue weighted by atomic mass is 16.4. The van der Waals surface area contributed by atoms with Gasteiger partial charge in [-0.3, -0.25) is 19.2 Å². The number of carbonyl (C=O) groups excluding carboxylic acids is 2. The molecule has 2 aliphatic heterocycles. The molecule has 2 aliphatic rings. The van der Waals surface area contributed by atoms with Crippen molar-refractivity contribution < 1.29 is 29.4 Å². The van der Waals surface area contributed by atoms with Gasteiger partial charge in [0.25, 0.3) is 11.8 Å². The molecule has 0 bridgehead atoms. The average molecular weight is 639 g/mol. The number of H-pyrrole nitrogens is 2. The number of nitrogens with one attached hydrogen (secondary N) is 3. The number of nitrogens with zero attached hydrogens (tertiary/aromatic N) is 1. The zero-order valence-electron chi connectivity index (χ0n) is 28.2. The third kappa shape index (κ3) is 6.54. The topological polar surface area (TPSA) is 165 Å². The fourth-order valence-electron chi connectivity index (χ4n) is 5.72. The van der Waals surface area contributed by atoms with Crippen LogP contribution in [0.15, 0.2) is 58.3 Å². The first-order valence-corrected chi connectivity index (χ1v) is 15.3. The molecule has 10 nitrogen and oxygen atoms in total. The van der Waals surface area contributed by atoms with E-state index in [2.05, 4.69) is 33.4 Å². The number of aromatic nitrogens is 2. The van der Waals surface area contributed by atoms with Crippen LogP contribution in [0.4, 0.5) is 0 Å². The molecule has 0 atom stereocenters. The molecule has 4 rings (SSSR count). The van der Waals surface area contributed by atoms with Crippen molar-refractivity contribution in [2.75, 3.05) is 0 Å². The molecule has 2 aromatic heterocycles. The fourth-order valence-corrected chi connectivity index (χ4v) is 5.72. The van der Waals surface area contributed by atoms with E-state index in [1.807, 2.05) is 26.0 Å². The number of hydrogen-bond donors (Lipinski definition) is 5. The maximum atomic E-state index is 12.4. The first-order chi connectivity index (χ1) is 21.8. The van der Waals surface area contributed by atoms with Gasteiger partial charge in [0, 0.05) is 44.4 Å². The Morgan fingerprint density at radius 2 is 1.32 bits per heavy atom. The van der Waals surface area contributed by atoms with Gasteiger partial charge in [0.2, 0.25) is 0 Å². The lowest BCUT2D eigenvalue weighted by Gasteiger charge is -2.20. The molecular formula is C37H42N4O6. The second kappa shape index (κ2) is 12.5. The molecule has 246 valence electrons. The van der Waals surface area contributed by atoms with Crippen molar-refractivity contribution in [3.63, 3.8) is 0 Å². The van der Waals surface area contributed by atoms with Crippen LogP contribution in [0, 0.1) is 24.7 Å². The third-order valence-corrected chi connectivity index (χ3v) is 9.07. The molecule has 4 heterocycles. The molecular weight excluding hydrogens is 596 g/mol. The zero-order chi connectivity index (χ0) is 35.2. The number of aromatic amines is 2. The van der Waals surface area contributed by atoms with Crippen LogP contribution in [0.3, 0.4) is 0 Å². The van der Waals surface area contributed by atoms with Crippen molar-refractivity contribution in [3.05, 3.63) is 97.6 Å². The summed E-state index contributed by atoms with van der Waals surface area (Å²) in [5, 5.41) is 24.2. The second-order valence-corrected chi connectivity index (χ2v) is 13.4. The number of hydrogen-bond acceptors (Lipinski definition) is 4. The molecule has 0 fully saturated rings. The Hall–Kier alpha value is -5.25. The molecule has 0 spiro atoms. The Labute approximate surface area is 273 Å². The van der Waals surface area contributed by atoms with Crippen molar-refractivity contribution in [2.24, 2.45) is 15.8 Å². The summed E-state index contributed by atoms with van der Waals surface area (Å²) in [6.07, 6.45) is 9.01. The summed E-state index contributed by atoms with van der Waals surface area (Å²) in [4.78, 5) is 60.3. The van der Waals surface area contributed by atoms with E-state index in [4.69, 9.17) is 0 Å². The number of allylic oxidation sites excluding steroid dienone is 3. The van der Waals surface area contributed by atoms with Crippen molar-refractivity contribution in [1.82, 2.24) is 15.3 Å². The van der Waals surface area contributed by atoms with Gasteiger partial charge < -0.3 is 25.5 Å². The van der Waals surface area contributed by atoms with Crippen LogP contribution in [0.2, 0.25) is 0 Å². The predicted octanol–water partition coefficient (Wildman–Crippen LogP) is 4.33. The minimum atomic E-state index is -1.11. The van der Waals surface area contributed by atoms with Crippen LogP contribution < -0.4 is 16.0 Å². The Morgan fingerprint density at radius 1 is 0.745 bits per heavy atom. The van der Waals surface area contributed by atoms with Gasteiger partial charge in [0.15, 0.2) is 0 Å². The number of carboxylic acid groups (broad SMARTS) is 2. The average Bonchev–Trinajstić information content (AvgIpc) is 3.62. The lowest BCUT2D eigenvalue weighted by molar-refractivity contribution is -0.147. The van der Waals surface area contributed by atoms with E-state index < -0.39 is 22.8 Å². The van der Waals surface area contributed by atoms with Gasteiger partial charge >= 0.3 is 11.9 Å². The van der Waals surface area contributed by atoms with Crippen molar-refractivity contribution in [1.29, 1.82) is 0 Å². The highest BCUT2D eigenvalue weighted by Gasteiger charge is 2.32. The number of carboxylic acids is 2.